The SMILES string of the molecule is CCCC(O)(CCCc1cccc2ccccc12)CNC(=O)CC(=O)NCC(O)(CCC)CCCc1cccc2ccccc12. The molecular formula is C39H50N2O4. The van der Waals surface area contributed by atoms with E-state index in [0.717, 1.165) is 38.5 Å². The first kappa shape index (κ1) is 34.1. The van der Waals surface area contributed by atoms with Crippen molar-refractivity contribution < 1.29 is 19.8 Å². The number of aliphatic hydroxyl groups is 2. The summed E-state index contributed by atoms with van der Waals surface area (Å²) in [4.78, 5) is 25.4. The summed E-state index contributed by atoms with van der Waals surface area (Å²) in [5, 5.41) is 33.1. The lowest BCUT2D eigenvalue weighted by Crippen LogP contribution is -2.46. The van der Waals surface area contributed by atoms with Crippen molar-refractivity contribution in [2.24, 2.45) is 0 Å². The van der Waals surface area contributed by atoms with Gasteiger partial charge in [-0.25, -0.2) is 0 Å². The quantitative estimate of drug-likeness (QED) is 0.0910. The number of hydrogen-bond acceptors (Lipinski definition) is 4. The van der Waals surface area contributed by atoms with Gasteiger partial charge in [0, 0.05) is 13.1 Å². The molecule has 4 rings (SSSR count). The van der Waals surface area contributed by atoms with Crippen LogP contribution in [0, 0.1) is 0 Å². The average molecular weight is 611 g/mol. The molecule has 2 unspecified atom stereocenters. The minimum Gasteiger partial charge on any atom is -0.388 e. The molecule has 2 amide bonds. The van der Waals surface area contributed by atoms with E-state index in [1.807, 2.05) is 38.1 Å². The van der Waals surface area contributed by atoms with Gasteiger partial charge in [0.2, 0.25) is 11.8 Å². The van der Waals surface area contributed by atoms with Gasteiger partial charge in [0.1, 0.15) is 6.42 Å². The van der Waals surface area contributed by atoms with Gasteiger partial charge in [0.05, 0.1) is 11.2 Å². The Morgan fingerprint density at radius 3 is 1.40 bits per heavy atom. The Morgan fingerprint density at radius 2 is 0.978 bits per heavy atom. The van der Waals surface area contributed by atoms with E-state index in [-0.39, 0.29) is 19.5 Å². The van der Waals surface area contributed by atoms with Gasteiger partial charge in [-0.3, -0.25) is 9.59 Å². The summed E-state index contributed by atoms with van der Waals surface area (Å²) in [6.45, 7) is 4.25. The predicted molar refractivity (Wildman–Crippen MR) is 184 cm³/mol. The Labute approximate surface area is 268 Å². The molecule has 0 aromatic heterocycles. The van der Waals surface area contributed by atoms with E-state index in [4.69, 9.17) is 0 Å². The Bertz CT molecular complexity index is 1430. The van der Waals surface area contributed by atoms with Gasteiger partial charge in [-0.15, -0.1) is 0 Å². The summed E-state index contributed by atoms with van der Waals surface area (Å²) in [5.41, 5.74) is 0.446. The number of fused-ring (bicyclic) bond motifs is 2. The van der Waals surface area contributed by atoms with Crippen molar-refractivity contribution in [3.05, 3.63) is 96.1 Å². The van der Waals surface area contributed by atoms with Crippen molar-refractivity contribution in [1.29, 1.82) is 0 Å². The summed E-state index contributed by atoms with van der Waals surface area (Å²) < 4.78 is 0. The first-order chi connectivity index (χ1) is 21.7. The topological polar surface area (TPSA) is 98.7 Å². The average Bonchev–Trinajstić information content (AvgIpc) is 3.03. The van der Waals surface area contributed by atoms with Crippen molar-refractivity contribution in [1.82, 2.24) is 10.6 Å². The molecule has 2 atom stereocenters. The second kappa shape index (κ2) is 16.5. The van der Waals surface area contributed by atoms with Crippen LogP contribution >= 0.6 is 0 Å². The number of amides is 2. The maximum Gasteiger partial charge on any atom is 0.229 e. The van der Waals surface area contributed by atoms with Crippen molar-refractivity contribution in [3.8, 4) is 0 Å². The molecule has 0 aliphatic carbocycles. The molecule has 45 heavy (non-hydrogen) atoms. The highest BCUT2D eigenvalue weighted by atomic mass is 16.3. The standard InChI is InChI=1S/C39H50N2O4/c1-3-23-38(44,25-11-19-32-17-9-15-30-13-5-7-21-34(30)32)28-40-36(42)27-37(43)41-29-39(45,24-4-2)26-12-20-33-18-10-16-31-14-6-8-22-35(31)33/h5-10,13-18,21-22,44-45H,3-4,11-12,19-20,23-29H2,1-2H3,(H,40,42)(H,41,43). The molecule has 0 heterocycles. The number of benzene rings is 4. The minimum atomic E-state index is -1.03. The number of carbonyl (C=O) groups excluding carboxylic acids is 2. The fourth-order valence-electron chi connectivity index (χ4n) is 6.57. The van der Waals surface area contributed by atoms with Crippen LogP contribution in [0.5, 0.6) is 0 Å². The molecule has 0 aliphatic rings. The van der Waals surface area contributed by atoms with Gasteiger partial charge < -0.3 is 20.8 Å². The Balaban J connectivity index is 1.22. The zero-order valence-corrected chi connectivity index (χ0v) is 27.0. The molecule has 6 nitrogen and oxygen atoms in total. The molecule has 0 bridgehead atoms. The largest absolute Gasteiger partial charge is 0.388 e. The number of hydrogen-bond donors (Lipinski definition) is 4. The van der Waals surface area contributed by atoms with Crippen LogP contribution in [0.15, 0.2) is 84.9 Å². The lowest BCUT2D eigenvalue weighted by molar-refractivity contribution is -0.131. The molecule has 0 fully saturated rings. The molecule has 4 N–H and O–H groups in total. The van der Waals surface area contributed by atoms with Gasteiger partial charge in [-0.05, 0) is 84.0 Å². The molecule has 0 saturated carbocycles. The maximum absolute atomic E-state index is 12.7. The van der Waals surface area contributed by atoms with Crippen molar-refractivity contribution in [3.63, 3.8) is 0 Å². The van der Waals surface area contributed by atoms with Crippen LogP contribution in [0.3, 0.4) is 0 Å². The fraction of sp³-hybridized carbons (Fsp3) is 0.436. The van der Waals surface area contributed by atoms with Crippen molar-refractivity contribution in [2.45, 2.75) is 95.7 Å². The third-order valence-corrected chi connectivity index (χ3v) is 8.92. The summed E-state index contributed by atoms with van der Waals surface area (Å²) in [6, 6.07) is 29.2. The van der Waals surface area contributed by atoms with Crippen LogP contribution in [-0.4, -0.2) is 46.3 Å². The Hall–Kier alpha value is -3.74. The van der Waals surface area contributed by atoms with Gasteiger partial charge in [0.25, 0.3) is 0 Å². The van der Waals surface area contributed by atoms with E-state index in [0.29, 0.717) is 25.7 Å². The fourth-order valence-corrected chi connectivity index (χ4v) is 6.57. The minimum absolute atomic E-state index is 0.108. The lowest BCUT2D eigenvalue weighted by Gasteiger charge is -2.29. The highest BCUT2D eigenvalue weighted by Gasteiger charge is 2.28. The number of nitrogens with one attached hydrogen (secondary N) is 2. The van der Waals surface area contributed by atoms with Gasteiger partial charge in [0.15, 0.2) is 0 Å². The second-order valence-corrected chi connectivity index (χ2v) is 12.7. The van der Waals surface area contributed by atoms with Gasteiger partial charge in [-0.1, -0.05) is 112 Å². The van der Waals surface area contributed by atoms with Crippen LogP contribution in [0.25, 0.3) is 21.5 Å². The van der Waals surface area contributed by atoms with Crippen LogP contribution < -0.4 is 10.6 Å². The number of aryl methyl sites for hydroxylation is 2. The van der Waals surface area contributed by atoms with Crippen LogP contribution in [0.1, 0.15) is 82.8 Å². The van der Waals surface area contributed by atoms with E-state index in [1.54, 1.807) is 0 Å². The number of carbonyl (C=O) groups is 2. The maximum atomic E-state index is 12.7. The monoisotopic (exact) mass is 610 g/mol. The first-order valence-corrected chi connectivity index (χ1v) is 16.7. The smallest absolute Gasteiger partial charge is 0.229 e. The van der Waals surface area contributed by atoms with Crippen LogP contribution in [0.4, 0.5) is 0 Å². The molecule has 0 aliphatic heterocycles. The second-order valence-electron chi connectivity index (χ2n) is 12.7. The molecule has 240 valence electrons. The van der Waals surface area contributed by atoms with E-state index in [9.17, 15) is 19.8 Å². The first-order valence-electron chi connectivity index (χ1n) is 16.7. The highest BCUT2D eigenvalue weighted by molar-refractivity contribution is 5.96. The molecule has 4 aromatic carbocycles. The summed E-state index contributed by atoms with van der Waals surface area (Å²) in [6.07, 6.45) is 6.74. The Morgan fingerprint density at radius 1 is 0.578 bits per heavy atom. The lowest BCUT2D eigenvalue weighted by atomic mass is 9.89. The normalized spacial score (nSPS) is 14.1. The van der Waals surface area contributed by atoms with E-state index < -0.39 is 23.0 Å². The van der Waals surface area contributed by atoms with Crippen LogP contribution in [-0.2, 0) is 22.4 Å². The molecule has 0 spiro atoms. The Kier molecular flexibility index (Phi) is 12.5. The van der Waals surface area contributed by atoms with E-state index >= 15 is 0 Å². The van der Waals surface area contributed by atoms with E-state index in [2.05, 4.69) is 71.3 Å². The molecule has 6 heteroatoms. The van der Waals surface area contributed by atoms with Crippen molar-refractivity contribution in [2.75, 3.05) is 13.1 Å². The third-order valence-electron chi connectivity index (χ3n) is 8.92. The van der Waals surface area contributed by atoms with Gasteiger partial charge in [-0.2, -0.15) is 0 Å². The molecule has 0 radical (unpaired) electrons. The molecule has 0 saturated heterocycles. The van der Waals surface area contributed by atoms with Gasteiger partial charge >= 0.3 is 0 Å². The van der Waals surface area contributed by atoms with E-state index in [1.165, 1.54) is 32.7 Å². The third kappa shape index (κ3) is 10.1. The number of rotatable bonds is 18. The highest BCUT2D eigenvalue weighted by Crippen LogP contribution is 2.26. The molecular weight excluding hydrogens is 560 g/mol. The zero-order valence-electron chi connectivity index (χ0n) is 27.0. The summed E-state index contributed by atoms with van der Waals surface area (Å²) in [5.74, 6) is -0.850. The zero-order chi connectivity index (χ0) is 32.1. The predicted octanol–water partition coefficient (Wildman–Crippen LogP) is 7.02. The summed E-state index contributed by atoms with van der Waals surface area (Å²) in [7, 11) is 0. The van der Waals surface area contributed by atoms with Crippen molar-refractivity contribution >= 4 is 33.4 Å². The summed E-state index contributed by atoms with van der Waals surface area (Å²) >= 11 is 0. The molecule has 4 aromatic rings. The van der Waals surface area contributed by atoms with Crippen LogP contribution in [0.2, 0.25) is 0 Å².